The summed E-state index contributed by atoms with van der Waals surface area (Å²) in [5.74, 6) is -7.36. The van der Waals surface area contributed by atoms with Gasteiger partial charge < -0.3 is 71.3 Å². The summed E-state index contributed by atoms with van der Waals surface area (Å²) in [5, 5.41) is 90.9. The van der Waals surface area contributed by atoms with E-state index < -0.39 is 89.2 Å². The number of amides is 1. The average Bonchev–Trinajstić information content (AvgIpc) is 4.20. The first kappa shape index (κ1) is 45.3. The monoisotopic (exact) mass is 930 g/mol. The summed E-state index contributed by atoms with van der Waals surface area (Å²) in [5.41, 5.74) is 8.18. The van der Waals surface area contributed by atoms with E-state index in [4.69, 9.17) is 15.2 Å². The minimum absolute atomic E-state index is 0.0159. The number of aromatic nitrogens is 3. The molecule has 3 aliphatic carbocycles. The fourth-order valence-electron chi connectivity index (χ4n) is 11.8. The van der Waals surface area contributed by atoms with Gasteiger partial charge in [-0.25, -0.2) is 9.78 Å². The van der Waals surface area contributed by atoms with Gasteiger partial charge in [-0.05, 0) is 84.7 Å². The molecule has 2 aliphatic heterocycles. The lowest BCUT2D eigenvalue weighted by Crippen LogP contribution is -2.67. The van der Waals surface area contributed by atoms with Crippen molar-refractivity contribution in [1.29, 1.82) is 0 Å². The number of phenols is 2. The maximum Gasteiger partial charge on any atom is 0.355 e. The summed E-state index contributed by atoms with van der Waals surface area (Å²) in [7, 11) is 0. The van der Waals surface area contributed by atoms with Crippen LogP contribution in [0.2, 0.25) is 0 Å². The standard InChI is InChI=1S/C50H54N6O12/c51-38-8-4-17-48(38,28-6-2-1-3-7-28)32-16-18-49(47(64)65)41(32)31-21-35(59)36(67-50(66)46(63)45(62)44(61)37(24-57)68-50)22-33(31)56(49)40(60)15-11-26-10-14-34(58)30(20-26)29-13-12-27(42-43(29)55-25-54-42)23-53-39-9-5-19-52-39/h1-3,5-7,9-11,14-16,18-22,25,27,29,32,37-38,41,44-46,52-53,57-59,61-63,66H,4,8,12-13,17,23-24,51H2,(H,54,55)(H,64,65)/b15-11+/t27-,29+,32-,37-,38+,41+,44-,45+,46-,48-,49-,50+/m1/s1. The van der Waals surface area contributed by atoms with Crippen molar-refractivity contribution >= 4 is 29.5 Å². The number of aliphatic hydroxyl groups is 5. The van der Waals surface area contributed by atoms with Crippen molar-refractivity contribution in [2.24, 2.45) is 11.7 Å². The molecule has 1 amide bonds. The van der Waals surface area contributed by atoms with Crippen LogP contribution in [0.15, 0.2) is 104 Å². The number of carboxylic acids is 1. The number of nitrogens with one attached hydrogen (secondary N) is 3. The van der Waals surface area contributed by atoms with Gasteiger partial charge in [-0.1, -0.05) is 55.0 Å². The first-order valence-electron chi connectivity index (χ1n) is 22.8. The number of hydrogen-bond donors (Lipinski definition) is 12. The van der Waals surface area contributed by atoms with Crippen LogP contribution >= 0.6 is 0 Å². The minimum atomic E-state index is -3.14. The summed E-state index contributed by atoms with van der Waals surface area (Å²) in [6.45, 7) is -0.249. The molecule has 0 bridgehead atoms. The number of allylic oxidation sites excluding steroid dienone is 1. The normalized spacial score (nSPS) is 32.8. The molecule has 5 aromatic rings. The van der Waals surface area contributed by atoms with Gasteiger partial charge in [0.25, 0.3) is 5.91 Å². The van der Waals surface area contributed by atoms with Crippen LogP contribution in [0.5, 0.6) is 17.2 Å². The number of H-pyrrole nitrogens is 2. The molecule has 13 N–H and O–H groups in total. The van der Waals surface area contributed by atoms with Crippen LogP contribution < -0.4 is 20.7 Å². The number of hydrogen-bond acceptors (Lipinski definition) is 14. The number of carbonyl (C=O) groups is 2. The van der Waals surface area contributed by atoms with E-state index in [9.17, 15) is 45.6 Å². The Morgan fingerprint density at radius 2 is 1.78 bits per heavy atom. The Morgan fingerprint density at radius 1 is 0.971 bits per heavy atom. The highest BCUT2D eigenvalue weighted by atomic mass is 16.8. The number of aliphatic carboxylic acids is 1. The second-order valence-electron chi connectivity index (χ2n) is 18.6. The topological polar surface area (TPSA) is 300 Å². The van der Waals surface area contributed by atoms with Crippen LogP contribution in [0.25, 0.3) is 6.08 Å². The molecule has 2 aromatic heterocycles. The van der Waals surface area contributed by atoms with Gasteiger partial charge in [-0.15, -0.1) is 0 Å². The Morgan fingerprint density at radius 3 is 2.50 bits per heavy atom. The fraction of sp³-hybridized carbons (Fsp3) is 0.380. The molecule has 1 saturated heterocycles. The third-order valence-corrected chi connectivity index (χ3v) is 15.1. The zero-order valence-corrected chi connectivity index (χ0v) is 36.7. The molecule has 3 aromatic carbocycles. The van der Waals surface area contributed by atoms with Gasteiger partial charge in [0.1, 0.15) is 29.9 Å². The first-order chi connectivity index (χ1) is 32.7. The number of imidazole rings is 1. The third kappa shape index (κ3) is 7.08. The van der Waals surface area contributed by atoms with Crippen molar-refractivity contribution in [2.75, 3.05) is 23.4 Å². The molecule has 18 heteroatoms. The molecule has 0 radical (unpaired) electrons. The summed E-state index contributed by atoms with van der Waals surface area (Å²) in [6.07, 6.45) is 5.19. The quantitative estimate of drug-likeness (QED) is 0.0485. The second kappa shape index (κ2) is 17.2. The fourth-order valence-corrected chi connectivity index (χ4v) is 11.8. The van der Waals surface area contributed by atoms with Crippen LogP contribution in [0.4, 0.5) is 11.5 Å². The molecule has 18 nitrogen and oxygen atoms in total. The smallest absolute Gasteiger partial charge is 0.355 e. The molecule has 68 heavy (non-hydrogen) atoms. The van der Waals surface area contributed by atoms with E-state index in [1.807, 2.05) is 54.7 Å². The van der Waals surface area contributed by atoms with E-state index in [0.717, 1.165) is 46.6 Å². The predicted molar refractivity (Wildman–Crippen MR) is 246 cm³/mol. The third-order valence-electron chi connectivity index (χ3n) is 15.1. The van der Waals surface area contributed by atoms with E-state index in [2.05, 4.69) is 20.3 Å². The van der Waals surface area contributed by atoms with E-state index in [0.29, 0.717) is 36.9 Å². The maximum atomic E-state index is 15.0. The van der Waals surface area contributed by atoms with Gasteiger partial charge in [-0.2, -0.15) is 0 Å². The summed E-state index contributed by atoms with van der Waals surface area (Å²) in [6, 6.07) is 20.4. The molecule has 5 aliphatic rings. The van der Waals surface area contributed by atoms with Crippen molar-refractivity contribution in [1.82, 2.24) is 15.0 Å². The van der Waals surface area contributed by atoms with Crippen molar-refractivity contribution in [2.45, 2.75) is 97.2 Å². The lowest BCUT2D eigenvalue weighted by molar-refractivity contribution is -0.422. The predicted octanol–water partition coefficient (Wildman–Crippen LogP) is 3.37. The van der Waals surface area contributed by atoms with E-state index in [-0.39, 0.29) is 28.8 Å². The van der Waals surface area contributed by atoms with Gasteiger partial charge in [0, 0.05) is 65.4 Å². The molecule has 12 atom stereocenters. The number of rotatable bonds is 12. The highest BCUT2D eigenvalue weighted by molar-refractivity contribution is 6.13. The number of phenolic OH excluding ortho intramolecular Hbond substituents is 2. The molecule has 1 saturated carbocycles. The van der Waals surface area contributed by atoms with E-state index in [1.54, 1.807) is 24.5 Å². The SMILES string of the molecule is N[C@H]1CCC[C@@]1(c1ccccc1)[C@@H]1C=C[C@]2(C(=O)O)[C@H]1c1cc(O)c(O[C@]3(O)O[C@H](CO)[C@@H](O)[C@H](O)[C@H]3O)cc1N2C(=O)/C=C/c1ccc(O)c([C@@H]2CC[C@H](CNc3ccc[nH]3)c3nc[nH]c32)c1. The largest absolute Gasteiger partial charge is 0.508 e. The Bertz CT molecular complexity index is 2760. The molecule has 0 unspecified atom stereocenters. The number of carbonyl (C=O) groups excluding carboxylic acids is 1. The average molecular weight is 931 g/mol. The number of aromatic amines is 2. The van der Waals surface area contributed by atoms with Gasteiger partial charge in [0.15, 0.2) is 23.1 Å². The molecule has 356 valence electrons. The highest BCUT2D eigenvalue weighted by Gasteiger charge is 2.67. The van der Waals surface area contributed by atoms with Crippen LogP contribution in [0, 0.1) is 5.92 Å². The Hall–Kier alpha value is -6.51. The van der Waals surface area contributed by atoms with E-state index in [1.165, 1.54) is 24.3 Å². The number of nitrogens with two attached hydrogens (primary N) is 1. The van der Waals surface area contributed by atoms with Crippen LogP contribution in [0.3, 0.4) is 0 Å². The lowest BCUT2D eigenvalue weighted by atomic mass is 9.61. The Balaban J connectivity index is 1.03. The Kier molecular flexibility index (Phi) is 11.5. The number of aromatic hydroxyl groups is 2. The lowest BCUT2D eigenvalue weighted by Gasteiger charge is -2.44. The highest BCUT2D eigenvalue weighted by Crippen LogP contribution is 2.64. The zero-order chi connectivity index (χ0) is 47.7. The van der Waals surface area contributed by atoms with Crippen LogP contribution in [-0.4, -0.2) is 123 Å². The van der Waals surface area contributed by atoms with Gasteiger partial charge in [-0.3, -0.25) is 9.69 Å². The van der Waals surface area contributed by atoms with Crippen molar-refractivity contribution < 1.29 is 59.9 Å². The molecule has 0 spiro atoms. The maximum absolute atomic E-state index is 15.0. The van der Waals surface area contributed by atoms with Gasteiger partial charge in [0.2, 0.25) is 0 Å². The minimum Gasteiger partial charge on any atom is -0.508 e. The molecule has 4 heterocycles. The number of nitrogens with zero attached hydrogens (tertiary/aromatic N) is 2. The molecular weight excluding hydrogens is 877 g/mol. The summed E-state index contributed by atoms with van der Waals surface area (Å²) >= 11 is 0. The zero-order valence-electron chi connectivity index (χ0n) is 36.7. The van der Waals surface area contributed by atoms with Crippen molar-refractivity contribution in [3.8, 4) is 17.2 Å². The second-order valence-corrected chi connectivity index (χ2v) is 18.6. The molecule has 2 fully saturated rings. The number of carboxylic acid groups (broad SMARTS) is 1. The number of fused-ring (bicyclic) bond motifs is 4. The van der Waals surface area contributed by atoms with Gasteiger partial charge in [0.05, 0.1) is 24.3 Å². The number of benzene rings is 3. The molecular formula is C50H54N6O12. The van der Waals surface area contributed by atoms with Crippen molar-refractivity contribution in [3.05, 3.63) is 137 Å². The Labute approximate surface area is 390 Å². The first-order valence-corrected chi connectivity index (χ1v) is 22.8. The summed E-state index contributed by atoms with van der Waals surface area (Å²) in [4.78, 5) is 41.4. The number of aliphatic hydroxyl groups excluding tert-OH is 4. The summed E-state index contributed by atoms with van der Waals surface area (Å²) < 4.78 is 11.0. The van der Waals surface area contributed by atoms with Gasteiger partial charge >= 0.3 is 11.9 Å². The number of anilines is 2. The van der Waals surface area contributed by atoms with Crippen molar-refractivity contribution in [3.63, 3.8) is 0 Å². The van der Waals surface area contributed by atoms with Crippen LogP contribution in [-0.2, 0) is 19.7 Å². The molecule has 10 rings (SSSR count). The number of ether oxygens (including phenoxy) is 2. The van der Waals surface area contributed by atoms with E-state index >= 15 is 4.79 Å². The van der Waals surface area contributed by atoms with Crippen LogP contribution in [0.1, 0.15) is 83.5 Å².